The van der Waals surface area contributed by atoms with Gasteiger partial charge in [-0.05, 0) is 62.5 Å². The molecule has 1 atom stereocenters. The fraction of sp³-hybridized carbons (Fsp3) is 0.176. The van der Waals surface area contributed by atoms with Crippen molar-refractivity contribution in [3.63, 3.8) is 0 Å². The summed E-state index contributed by atoms with van der Waals surface area (Å²) in [6.07, 6.45) is 0. The van der Waals surface area contributed by atoms with Gasteiger partial charge in [-0.3, -0.25) is 15.6 Å². The molecule has 0 saturated heterocycles. The minimum Gasteiger partial charge on any atom is -0.331 e. The zero-order valence-corrected chi connectivity index (χ0v) is 15.7. The number of hydrogen-bond acceptors (Lipinski definition) is 3. The standard InChI is InChI=1S/C17H18ClN3OS2/c1-11-3-9-15(10-4-11)24-12(2)16(22)20-21-17(23)19-14-7-5-13(18)6-8-14/h3-10,12H,1-2H3,(H,20,22)(H2,19,21,23)/t12-/m1/s1. The molecule has 0 aliphatic rings. The third-order valence-electron chi connectivity index (χ3n) is 3.10. The first kappa shape index (κ1) is 18.6. The largest absolute Gasteiger partial charge is 0.331 e. The summed E-state index contributed by atoms with van der Waals surface area (Å²) in [6.45, 7) is 3.88. The molecule has 0 fully saturated rings. The van der Waals surface area contributed by atoms with Crippen molar-refractivity contribution in [2.45, 2.75) is 24.0 Å². The van der Waals surface area contributed by atoms with Gasteiger partial charge in [-0.25, -0.2) is 0 Å². The van der Waals surface area contributed by atoms with Crippen molar-refractivity contribution in [3.05, 3.63) is 59.1 Å². The number of hydrogen-bond donors (Lipinski definition) is 3. The third kappa shape index (κ3) is 6.03. The van der Waals surface area contributed by atoms with Gasteiger partial charge in [-0.2, -0.15) is 0 Å². The van der Waals surface area contributed by atoms with Crippen LogP contribution in [0.2, 0.25) is 5.02 Å². The van der Waals surface area contributed by atoms with Crippen molar-refractivity contribution < 1.29 is 4.79 Å². The van der Waals surface area contributed by atoms with E-state index in [4.69, 9.17) is 23.8 Å². The van der Waals surface area contributed by atoms with Crippen molar-refractivity contribution >= 4 is 52.3 Å². The molecule has 0 spiro atoms. The average Bonchev–Trinajstić information content (AvgIpc) is 2.57. The predicted molar refractivity (Wildman–Crippen MR) is 105 cm³/mol. The molecule has 0 aliphatic carbocycles. The van der Waals surface area contributed by atoms with Crippen LogP contribution in [0.4, 0.5) is 5.69 Å². The van der Waals surface area contributed by atoms with Crippen molar-refractivity contribution in [3.8, 4) is 0 Å². The summed E-state index contributed by atoms with van der Waals surface area (Å²) in [5, 5.41) is 3.66. The molecule has 0 heterocycles. The molecule has 0 saturated carbocycles. The number of nitrogens with one attached hydrogen (secondary N) is 3. The summed E-state index contributed by atoms with van der Waals surface area (Å²) in [5.74, 6) is -0.152. The van der Waals surface area contributed by atoms with Crippen molar-refractivity contribution in [1.82, 2.24) is 10.9 Å². The van der Waals surface area contributed by atoms with E-state index in [0.717, 1.165) is 10.6 Å². The SMILES string of the molecule is Cc1ccc(S[C@H](C)C(=O)NNC(=S)Nc2ccc(Cl)cc2)cc1. The Hall–Kier alpha value is -1.76. The quantitative estimate of drug-likeness (QED) is 0.423. The minimum atomic E-state index is -0.251. The van der Waals surface area contributed by atoms with E-state index in [9.17, 15) is 4.79 Å². The van der Waals surface area contributed by atoms with Crippen LogP contribution in [-0.2, 0) is 4.79 Å². The number of carbonyl (C=O) groups excluding carboxylic acids is 1. The number of thiocarbonyl (C=S) groups is 1. The Labute approximate surface area is 156 Å². The van der Waals surface area contributed by atoms with Crippen molar-refractivity contribution in [2.75, 3.05) is 5.32 Å². The molecular formula is C17H18ClN3OS2. The maximum atomic E-state index is 12.1. The fourth-order valence-electron chi connectivity index (χ4n) is 1.79. The molecule has 2 rings (SSSR count). The lowest BCUT2D eigenvalue weighted by Gasteiger charge is -2.15. The molecule has 2 aromatic carbocycles. The Bertz CT molecular complexity index is 705. The first-order valence-electron chi connectivity index (χ1n) is 7.30. The number of carbonyl (C=O) groups is 1. The summed E-state index contributed by atoms with van der Waals surface area (Å²) < 4.78 is 0. The van der Waals surface area contributed by atoms with E-state index in [1.165, 1.54) is 17.3 Å². The van der Waals surface area contributed by atoms with Crippen LogP contribution in [0.25, 0.3) is 0 Å². The molecule has 2 aromatic rings. The summed E-state index contributed by atoms with van der Waals surface area (Å²) in [6, 6.07) is 15.2. The molecule has 0 aliphatic heterocycles. The molecule has 7 heteroatoms. The first-order chi connectivity index (χ1) is 11.4. The number of benzene rings is 2. The highest BCUT2D eigenvalue weighted by molar-refractivity contribution is 8.00. The van der Waals surface area contributed by atoms with E-state index < -0.39 is 0 Å². The van der Waals surface area contributed by atoms with Crippen LogP contribution in [0.1, 0.15) is 12.5 Å². The average molecular weight is 380 g/mol. The smallest absolute Gasteiger partial charge is 0.251 e. The summed E-state index contributed by atoms with van der Waals surface area (Å²) >= 11 is 12.5. The van der Waals surface area contributed by atoms with Crippen LogP contribution in [-0.4, -0.2) is 16.3 Å². The summed E-state index contributed by atoms with van der Waals surface area (Å²) in [5.41, 5.74) is 7.28. The van der Waals surface area contributed by atoms with Crippen LogP contribution >= 0.6 is 35.6 Å². The van der Waals surface area contributed by atoms with Crippen LogP contribution in [0.5, 0.6) is 0 Å². The Kier molecular flexibility index (Phi) is 6.90. The van der Waals surface area contributed by atoms with Gasteiger partial charge in [0.05, 0.1) is 5.25 Å². The van der Waals surface area contributed by atoms with Gasteiger partial charge in [0.25, 0.3) is 5.91 Å². The minimum absolute atomic E-state index is 0.152. The molecule has 3 N–H and O–H groups in total. The van der Waals surface area contributed by atoms with Gasteiger partial charge in [0.1, 0.15) is 0 Å². The second-order valence-corrected chi connectivity index (χ2v) is 7.41. The zero-order chi connectivity index (χ0) is 17.5. The van der Waals surface area contributed by atoms with E-state index in [1.807, 2.05) is 38.1 Å². The number of rotatable bonds is 4. The van der Waals surface area contributed by atoms with Gasteiger partial charge >= 0.3 is 0 Å². The maximum Gasteiger partial charge on any atom is 0.251 e. The second-order valence-electron chi connectivity index (χ2n) is 5.15. The first-order valence-corrected chi connectivity index (χ1v) is 8.96. The van der Waals surface area contributed by atoms with E-state index in [1.54, 1.807) is 24.3 Å². The number of hydrazine groups is 1. The van der Waals surface area contributed by atoms with Crippen LogP contribution < -0.4 is 16.2 Å². The molecule has 24 heavy (non-hydrogen) atoms. The van der Waals surface area contributed by atoms with Crippen molar-refractivity contribution in [1.29, 1.82) is 0 Å². The van der Waals surface area contributed by atoms with Crippen LogP contribution in [0.3, 0.4) is 0 Å². The Balaban J connectivity index is 1.77. The topological polar surface area (TPSA) is 53.2 Å². The van der Waals surface area contributed by atoms with E-state index in [-0.39, 0.29) is 11.2 Å². The molecule has 0 radical (unpaired) electrons. The number of amides is 1. The number of halogens is 1. The molecule has 4 nitrogen and oxygen atoms in total. The zero-order valence-electron chi connectivity index (χ0n) is 13.3. The lowest BCUT2D eigenvalue weighted by Crippen LogP contribution is -2.46. The molecule has 126 valence electrons. The van der Waals surface area contributed by atoms with Gasteiger partial charge < -0.3 is 5.32 Å². The van der Waals surface area contributed by atoms with Crippen LogP contribution in [0, 0.1) is 6.92 Å². The maximum absolute atomic E-state index is 12.1. The Morgan fingerprint density at radius 1 is 1.08 bits per heavy atom. The van der Waals surface area contributed by atoms with Gasteiger partial charge in [-0.1, -0.05) is 29.3 Å². The normalized spacial score (nSPS) is 11.5. The van der Waals surface area contributed by atoms with Gasteiger partial charge in [0.2, 0.25) is 0 Å². The van der Waals surface area contributed by atoms with E-state index in [2.05, 4.69) is 16.2 Å². The Morgan fingerprint density at radius 3 is 2.33 bits per heavy atom. The molecule has 0 unspecified atom stereocenters. The third-order valence-corrected chi connectivity index (χ3v) is 4.67. The lowest BCUT2D eigenvalue weighted by molar-refractivity contribution is -0.120. The predicted octanol–water partition coefficient (Wildman–Crippen LogP) is 4.15. The molecule has 1 amide bonds. The Morgan fingerprint density at radius 2 is 1.71 bits per heavy atom. The van der Waals surface area contributed by atoms with Crippen molar-refractivity contribution in [2.24, 2.45) is 0 Å². The number of anilines is 1. The lowest BCUT2D eigenvalue weighted by atomic mass is 10.2. The second kappa shape index (κ2) is 8.92. The van der Waals surface area contributed by atoms with Gasteiger partial charge in [0, 0.05) is 15.6 Å². The number of thioether (sulfide) groups is 1. The number of aryl methyl sites for hydroxylation is 1. The van der Waals surface area contributed by atoms with E-state index >= 15 is 0 Å². The summed E-state index contributed by atoms with van der Waals surface area (Å²) in [4.78, 5) is 13.2. The highest BCUT2D eigenvalue weighted by atomic mass is 35.5. The monoisotopic (exact) mass is 379 g/mol. The van der Waals surface area contributed by atoms with E-state index in [0.29, 0.717) is 10.1 Å². The highest BCUT2D eigenvalue weighted by Gasteiger charge is 2.14. The van der Waals surface area contributed by atoms with Crippen LogP contribution in [0.15, 0.2) is 53.4 Å². The molecular weight excluding hydrogens is 362 g/mol. The highest BCUT2D eigenvalue weighted by Crippen LogP contribution is 2.23. The van der Waals surface area contributed by atoms with Gasteiger partial charge in [0.15, 0.2) is 5.11 Å². The van der Waals surface area contributed by atoms with Gasteiger partial charge in [-0.15, -0.1) is 11.8 Å². The fourth-order valence-corrected chi connectivity index (χ4v) is 2.95. The molecule has 0 aromatic heterocycles. The molecule has 0 bridgehead atoms. The summed E-state index contributed by atoms with van der Waals surface area (Å²) in [7, 11) is 0.